The molecular weight excluding hydrogens is 791 g/mol. The van der Waals surface area contributed by atoms with Gasteiger partial charge in [0.2, 0.25) is 5.91 Å². The van der Waals surface area contributed by atoms with Crippen LogP contribution in [0.15, 0.2) is 72.9 Å². The van der Waals surface area contributed by atoms with Crippen LogP contribution in [0.1, 0.15) is 258 Å². The Morgan fingerprint density at radius 2 is 0.812 bits per heavy atom. The molecule has 0 saturated carbocycles. The predicted octanol–water partition coefficient (Wildman–Crippen LogP) is 16.6. The number of carbonyl (C=O) groups excluding carboxylic acids is 2. The van der Waals surface area contributed by atoms with E-state index in [2.05, 4.69) is 99.0 Å². The molecule has 1 amide bonds. The zero-order valence-electron chi connectivity index (χ0n) is 42.1. The first-order valence-electron chi connectivity index (χ1n) is 27.2. The molecule has 370 valence electrons. The Kier molecular flexibility index (Phi) is 49.1. The summed E-state index contributed by atoms with van der Waals surface area (Å²) in [7, 11) is 0. The van der Waals surface area contributed by atoms with Crippen LogP contribution in [0.2, 0.25) is 0 Å². The van der Waals surface area contributed by atoms with E-state index >= 15 is 0 Å². The molecule has 3 atom stereocenters. The number of hydrogen-bond donors (Lipinski definition) is 3. The number of amides is 1. The molecule has 64 heavy (non-hydrogen) atoms. The average Bonchev–Trinajstić information content (AvgIpc) is 3.29. The molecular formula is C58H103NO5. The van der Waals surface area contributed by atoms with Crippen molar-refractivity contribution in [3.8, 4) is 0 Å². The highest BCUT2D eigenvalue weighted by Gasteiger charge is 2.24. The van der Waals surface area contributed by atoms with Gasteiger partial charge in [0.25, 0.3) is 0 Å². The fraction of sp³-hybridized carbons (Fsp3) is 0.759. The first-order chi connectivity index (χ1) is 31.5. The molecule has 0 aliphatic heterocycles. The maximum absolute atomic E-state index is 13.2. The lowest BCUT2D eigenvalue weighted by Gasteiger charge is -2.24. The van der Waals surface area contributed by atoms with E-state index in [1.165, 1.54) is 135 Å². The summed E-state index contributed by atoms with van der Waals surface area (Å²) in [6.45, 7) is 6.40. The maximum atomic E-state index is 13.2. The van der Waals surface area contributed by atoms with Gasteiger partial charge < -0.3 is 20.3 Å². The van der Waals surface area contributed by atoms with Gasteiger partial charge in [-0.05, 0) is 96.3 Å². The molecule has 6 heteroatoms. The third-order valence-corrected chi connectivity index (χ3v) is 12.0. The minimum Gasteiger partial charge on any atom is -0.462 e. The standard InChI is InChI=1S/C58H103NO5/c1-4-7-10-13-16-19-21-23-25-27-28-30-32-34-36-39-42-45-48-51-58(63)64-54(49-46-43-40-38-35-33-31-29-26-24-22-20-17-14-11-8-5-2)52-57(62)59-55(53-60)56(61)50-47-44-41-37-18-15-12-9-6-3/h16-17,19-20,23-26,31,33,38,40,54-56,60-61H,4-15,18,21-22,27-30,32,34-37,39,41-53H2,1-3H3,(H,59,62)/b19-16-,20-17-,25-23-,26-24-,33-31-,40-38-. The Morgan fingerprint density at radius 1 is 0.453 bits per heavy atom. The summed E-state index contributed by atoms with van der Waals surface area (Å²) in [5, 5.41) is 23.7. The van der Waals surface area contributed by atoms with E-state index in [-0.39, 0.29) is 24.9 Å². The fourth-order valence-electron chi connectivity index (χ4n) is 7.86. The molecule has 3 N–H and O–H groups in total. The van der Waals surface area contributed by atoms with Crippen LogP contribution in [0.4, 0.5) is 0 Å². The third kappa shape index (κ3) is 45.9. The summed E-state index contributed by atoms with van der Waals surface area (Å²) in [6, 6.07) is -0.721. The lowest BCUT2D eigenvalue weighted by atomic mass is 10.0. The molecule has 0 bridgehead atoms. The van der Waals surface area contributed by atoms with Crippen LogP contribution in [-0.4, -0.2) is 46.9 Å². The Hall–Kier alpha value is -2.70. The lowest BCUT2D eigenvalue weighted by Crippen LogP contribution is -2.46. The molecule has 0 aromatic heterocycles. The van der Waals surface area contributed by atoms with Gasteiger partial charge in [-0.1, -0.05) is 222 Å². The second-order valence-electron chi connectivity index (χ2n) is 18.3. The maximum Gasteiger partial charge on any atom is 0.306 e. The SMILES string of the molecule is CCCCC/C=C\C/C=C\C/C=C\C/C=C\CCCC(CC(=O)NC(CO)C(O)CCCCCCCCCCC)OC(=O)CCCCCCCCCCC/C=C\C/C=C\CCCCC. The monoisotopic (exact) mass is 894 g/mol. The minimum atomic E-state index is -0.804. The van der Waals surface area contributed by atoms with Crippen molar-refractivity contribution >= 4 is 11.9 Å². The zero-order valence-corrected chi connectivity index (χ0v) is 42.1. The van der Waals surface area contributed by atoms with Crippen LogP contribution in [0.5, 0.6) is 0 Å². The van der Waals surface area contributed by atoms with Gasteiger partial charge >= 0.3 is 5.97 Å². The van der Waals surface area contributed by atoms with E-state index in [0.717, 1.165) is 77.0 Å². The molecule has 0 saturated heterocycles. The van der Waals surface area contributed by atoms with Crippen molar-refractivity contribution in [2.45, 2.75) is 277 Å². The van der Waals surface area contributed by atoms with Crippen LogP contribution in [0, 0.1) is 0 Å². The number of rotatable bonds is 48. The van der Waals surface area contributed by atoms with Gasteiger partial charge in [0.1, 0.15) is 6.10 Å². The number of aliphatic hydroxyl groups is 2. The highest BCUT2D eigenvalue weighted by Crippen LogP contribution is 2.17. The van der Waals surface area contributed by atoms with Gasteiger partial charge in [0.15, 0.2) is 0 Å². The number of hydrogen-bond acceptors (Lipinski definition) is 5. The summed E-state index contributed by atoms with van der Waals surface area (Å²) < 4.78 is 5.92. The first-order valence-corrected chi connectivity index (χ1v) is 27.2. The predicted molar refractivity (Wildman–Crippen MR) is 278 cm³/mol. The Balaban J connectivity index is 4.64. The summed E-state index contributed by atoms with van der Waals surface area (Å²) in [5.41, 5.74) is 0. The van der Waals surface area contributed by atoms with Gasteiger partial charge in [-0.3, -0.25) is 9.59 Å². The van der Waals surface area contributed by atoms with Gasteiger partial charge in [0.05, 0.1) is 25.2 Å². The summed E-state index contributed by atoms with van der Waals surface area (Å²) in [4.78, 5) is 26.2. The van der Waals surface area contributed by atoms with Crippen LogP contribution >= 0.6 is 0 Å². The van der Waals surface area contributed by atoms with Crippen molar-refractivity contribution in [3.05, 3.63) is 72.9 Å². The van der Waals surface area contributed by atoms with Gasteiger partial charge in [0, 0.05) is 6.42 Å². The van der Waals surface area contributed by atoms with E-state index in [1.807, 2.05) is 0 Å². The number of esters is 1. The number of nitrogens with one attached hydrogen (secondary N) is 1. The smallest absolute Gasteiger partial charge is 0.306 e. The number of ether oxygens (including phenoxy) is 1. The second kappa shape index (κ2) is 51.3. The lowest BCUT2D eigenvalue weighted by molar-refractivity contribution is -0.151. The van der Waals surface area contributed by atoms with E-state index in [0.29, 0.717) is 19.3 Å². The van der Waals surface area contributed by atoms with E-state index < -0.39 is 18.2 Å². The highest BCUT2D eigenvalue weighted by molar-refractivity contribution is 5.77. The van der Waals surface area contributed by atoms with Crippen molar-refractivity contribution in [2.75, 3.05) is 6.61 Å². The zero-order chi connectivity index (χ0) is 46.7. The second-order valence-corrected chi connectivity index (χ2v) is 18.3. The molecule has 0 fully saturated rings. The quantitative estimate of drug-likeness (QED) is 0.0321. The minimum absolute atomic E-state index is 0.0361. The molecule has 0 aromatic rings. The summed E-state index contributed by atoms with van der Waals surface area (Å²) in [6.07, 6.45) is 65.4. The summed E-state index contributed by atoms with van der Waals surface area (Å²) >= 11 is 0. The van der Waals surface area contributed by atoms with Gasteiger partial charge in [-0.2, -0.15) is 0 Å². The molecule has 3 unspecified atom stereocenters. The number of aliphatic hydroxyl groups excluding tert-OH is 2. The summed E-state index contributed by atoms with van der Waals surface area (Å²) in [5.74, 6) is -0.533. The number of unbranched alkanes of at least 4 members (excludes halogenated alkanes) is 24. The molecule has 0 aromatic carbocycles. The van der Waals surface area contributed by atoms with Crippen molar-refractivity contribution in [3.63, 3.8) is 0 Å². The van der Waals surface area contributed by atoms with Crippen molar-refractivity contribution < 1.29 is 24.5 Å². The van der Waals surface area contributed by atoms with E-state index in [4.69, 9.17) is 4.74 Å². The van der Waals surface area contributed by atoms with Crippen molar-refractivity contribution in [1.29, 1.82) is 0 Å². The Bertz CT molecular complexity index is 1190. The molecule has 6 nitrogen and oxygen atoms in total. The third-order valence-electron chi connectivity index (χ3n) is 12.0. The van der Waals surface area contributed by atoms with Crippen molar-refractivity contribution in [2.24, 2.45) is 0 Å². The average molecular weight is 894 g/mol. The van der Waals surface area contributed by atoms with E-state index in [1.54, 1.807) is 0 Å². The molecule has 0 spiro atoms. The van der Waals surface area contributed by atoms with Gasteiger partial charge in [-0.15, -0.1) is 0 Å². The van der Waals surface area contributed by atoms with E-state index in [9.17, 15) is 19.8 Å². The van der Waals surface area contributed by atoms with Crippen LogP contribution < -0.4 is 5.32 Å². The highest BCUT2D eigenvalue weighted by atomic mass is 16.5. The Morgan fingerprint density at radius 3 is 1.27 bits per heavy atom. The van der Waals surface area contributed by atoms with Crippen molar-refractivity contribution in [1.82, 2.24) is 5.32 Å². The van der Waals surface area contributed by atoms with Crippen LogP contribution in [-0.2, 0) is 14.3 Å². The fourth-order valence-corrected chi connectivity index (χ4v) is 7.86. The van der Waals surface area contributed by atoms with Crippen LogP contribution in [0.25, 0.3) is 0 Å². The molecule has 0 aliphatic carbocycles. The molecule has 0 rings (SSSR count). The van der Waals surface area contributed by atoms with Gasteiger partial charge in [-0.25, -0.2) is 0 Å². The van der Waals surface area contributed by atoms with Crippen LogP contribution in [0.3, 0.4) is 0 Å². The number of carbonyl (C=O) groups is 2. The normalized spacial score (nSPS) is 13.8. The molecule has 0 radical (unpaired) electrons. The molecule has 0 aliphatic rings. The molecule has 0 heterocycles. The number of allylic oxidation sites excluding steroid dienone is 12. The Labute approximate surface area is 396 Å². The first kappa shape index (κ1) is 61.3. The topological polar surface area (TPSA) is 95.9 Å². The largest absolute Gasteiger partial charge is 0.462 e.